The fourth-order valence-electron chi connectivity index (χ4n) is 2.51. The molecule has 0 spiro atoms. The zero-order valence-corrected chi connectivity index (χ0v) is 15.0. The zero-order valence-electron chi connectivity index (χ0n) is 14.2. The maximum absolute atomic E-state index is 12.5. The van der Waals surface area contributed by atoms with Crippen molar-refractivity contribution in [2.24, 2.45) is 5.73 Å². The molecular formula is C19H22N2O2S. The van der Waals surface area contributed by atoms with Crippen LogP contribution in [0.3, 0.4) is 0 Å². The molecule has 0 aliphatic carbocycles. The lowest BCUT2D eigenvalue weighted by molar-refractivity contribution is -0.118. The van der Waals surface area contributed by atoms with Gasteiger partial charge >= 0.3 is 0 Å². The maximum atomic E-state index is 12.5. The van der Waals surface area contributed by atoms with E-state index >= 15 is 0 Å². The topological polar surface area (TPSA) is 63.4 Å². The molecule has 0 heterocycles. The highest BCUT2D eigenvalue weighted by Gasteiger charge is 2.19. The van der Waals surface area contributed by atoms with Crippen LogP contribution in [0.5, 0.6) is 0 Å². The number of nitrogens with zero attached hydrogens (tertiary/aromatic N) is 1. The summed E-state index contributed by atoms with van der Waals surface area (Å²) in [6.07, 6.45) is 2.20. The Labute approximate surface area is 147 Å². The fraction of sp³-hybridized carbons (Fsp3) is 0.263. The number of hydrogen-bond donors (Lipinski definition) is 1. The van der Waals surface area contributed by atoms with Crippen molar-refractivity contribution in [1.82, 2.24) is 4.90 Å². The number of nitrogens with two attached hydrogens (primary N) is 1. The summed E-state index contributed by atoms with van der Waals surface area (Å²) < 4.78 is 0. The largest absolute Gasteiger partial charge is 0.370 e. The van der Waals surface area contributed by atoms with E-state index in [0.717, 1.165) is 11.1 Å². The first-order valence-corrected chi connectivity index (χ1v) is 8.95. The molecule has 0 saturated carbocycles. The lowest BCUT2D eigenvalue weighted by Gasteiger charge is -2.24. The zero-order chi connectivity index (χ0) is 17.7. The van der Waals surface area contributed by atoms with Gasteiger partial charge in [-0.15, -0.1) is 11.8 Å². The first-order valence-electron chi connectivity index (χ1n) is 7.73. The van der Waals surface area contributed by atoms with Crippen LogP contribution in [0.1, 0.15) is 23.7 Å². The normalized spacial score (nSPS) is 11.8. The lowest BCUT2D eigenvalue weighted by Crippen LogP contribution is -2.37. The molecular weight excluding hydrogens is 320 g/mol. The van der Waals surface area contributed by atoms with Crippen molar-refractivity contribution in [2.75, 3.05) is 13.3 Å². The van der Waals surface area contributed by atoms with Crippen molar-refractivity contribution in [3.63, 3.8) is 0 Å². The molecule has 0 fully saturated rings. The average Bonchev–Trinajstić information content (AvgIpc) is 2.60. The summed E-state index contributed by atoms with van der Waals surface area (Å²) in [5.41, 5.74) is 8.02. The number of primary amides is 1. The molecule has 2 amide bonds. The van der Waals surface area contributed by atoms with Crippen LogP contribution in [0.15, 0.2) is 53.4 Å². The molecule has 0 radical (unpaired) electrons. The van der Waals surface area contributed by atoms with Crippen molar-refractivity contribution in [3.8, 4) is 11.1 Å². The minimum Gasteiger partial charge on any atom is -0.370 e. The molecule has 24 heavy (non-hydrogen) atoms. The summed E-state index contributed by atoms with van der Waals surface area (Å²) in [6.45, 7) is 1.81. The third kappa shape index (κ3) is 4.17. The smallest absolute Gasteiger partial charge is 0.253 e. The quantitative estimate of drug-likeness (QED) is 0.818. The first kappa shape index (κ1) is 18.1. The van der Waals surface area contributed by atoms with E-state index in [4.69, 9.17) is 5.73 Å². The van der Waals surface area contributed by atoms with E-state index in [0.29, 0.717) is 5.56 Å². The van der Waals surface area contributed by atoms with Gasteiger partial charge in [0.25, 0.3) is 5.91 Å². The van der Waals surface area contributed by atoms with Crippen LogP contribution >= 0.6 is 11.8 Å². The highest BCUT2D eigenvalue weighted by atomic mass is 32.2. The van der Waals surface area contributed by atoms with Gasteiger partial charge in [-0.2, -0.15) is 0 Å². The van der Waals surface area contributed by atoms with Crippen LogP contribution in [0.4, 0.5) is 0 Å². The van der Waals surface area contributed by atoms with Gasteiger partial charge in [0.2, 0.25) is 5.91 Å². The monoisotopic (exact) mass is 342 g/mol. The average molecular weight is 342 g/mol. The van der Waals surface area contributed by atoms with Crippen LogP contribution in [0.25, 0.3) is 11.1 Å². The van der Waals surface area contributed by atoms with Crippen LogP contribution < -0.4 is 5.73 Å². The third-order valence-electron chi connectivity index (χ3n) is 4.03. The van der Waals surface area contributed by atoms with Gasteiger partial charge in [-0.05, 0) is 42.5 Å². The van der Waals surface area contributed by atoms with Gasteiger partial charge in [0.05, 0.1) is 0 Å². The molecule has 1 atom stereocenters. The van der Waals surface area contributed by atoms with Crippen molar-refractivity contribution < 1.29 is 9.59 Å². The molecule has 2 aromatic rings. The van der Waals surface area contributed by atoms with Gasteiger partial charge < -0.3 is 10.6 Å². The number of carbonyl (C=O) groups excluding carboxylic acids is 2. The molecule has 0 aromatic heterocycles. The number of benzene rings is 2. The van der Waals surface area contributed by atoms with E-state index in [1.807, 2.05) is 49.6 Å². The van der Waals surface area contributed by atoms with Crippen LogP contribution in [0, 0.1) is 0 Å². The molecule has 0 unspecified atom stereocenters. The Hall–Kier alpha value is -2.27. The minimum atomic E-state index is -0.411. The number of amides is 2. The Bertz CT molecular complexity index is 728. The number of carbonyl (C=O) groups is 2. The molecule has 126 valence electrons. The highest BCUT2D eigenvalue weighted by Crippen LogP contribution is 2.30. The van der Waals surface area contributed by atoms with E-state index in [1.54, 1.807) is 23.7 Å². The second kappa shape index (κ2) is 8.02. The van der Waals surface area contributed by atoms with Crippen molar-refractivity contribution >= 4 is 23.6 Å². The van der Waals surface area contributed by atoms with E-state index < -0.39 is 5.91 Å². The Balaban J connectivity index is 2.20. The lowest BCUT2D eigenvalue weighted by atomic mass is 10.0. The number of thioether (sulfide) groups is 1. The molecule has 4 nitrogen and oxygen atoms in total. The van der Waals surface area contributed by atoms with E-state index in [9.17, 15) is 9.59 Å². The minimum absolute atomic E-state index is 0.117. The molecule has 0 bridgehead atoms. The van der Waals surface area contributed by atoms with Crippen LogP contribution in [0.2, 0.25) is 0 Å². The summed E-state index contributed by atoms with van der Waals surface area (Å²) in [7, 11) is 1.69. The molecule has 0 aliphatic rings. The van der Waals surface area contributed by atoms with Crippen LogP contribution in [-0.4, -0.2) is 36.1 Å². The first-order chi connectivity index (χ1) is 11.4. The molecule has 0 saturated heterocycles. The summed E-state index contributed by atoms with van der Waals surface area (Å²) in [5, 5.41) is 0. The van der Waals surface area contributed by atoms with Gasteiger partial charge in [-0.1, -0.05) is 30.3 Å². The van der Waals surface area contributed by atoms with E-state index in [-0.39, 0.29) is 18.4 Å². The van der Waals surface area contributed by atoms with E-state index in [2.05, 4.69) is 12.1 Å². The summed E-state index contributed by atoms with van der Waals surface area (Å²) in [5.74, 6) is -0.528. The second-order valence-corrected chi connectivity index (χ2v) is 6.56. The van der Waals surface area contributed by atoms with Gasteiger partial charge in [-0.3, -0.25) is 9.59 Å². The van der Waals surface area contributed by atoms with Gasteiger partial charge in [0, 0.05) is 30.0 Å². The second-order valence-electron chi connectivity index (χ2n) is 5.71. The van der Waals surface area contributed by atoms with Gasteiger partial charge in [0.15, 0.2) is 0 Å². The molecule has 2 aromatic carbocycles. The van der Waals surface area contributed by atoms with Gasteiger partial charge in [0.1, 0.15) is 0 Å². The third-order valence-corrected chi connectivity index (χ3v) is 4.82. The molecule has 0 aliphatic heterocycles. The number of hydrogen-bond acceptors (Lipinski definition) is 3. The van der Waals surface area contributed by atoms with Crippen LogP contribution in [-0.2, 0) is 4.79 Å². The molecule has 2 rings (SSSR count). The standard InChI is InChI=1S/C19H22N2O2S/c1-13(12-18(20)22)21(2)19(23)15-10-8-14(9-11-15)16-6-4-5-7-17(16)24-3/h4-11,13H,12H2,1-3H3,(H2,20,22)/t13-/m1/s1. The van der Waals surface area contributed by atoms with Gasteiger partial charge in [-0.25, -0.2) is 0 Å². The molecule has 2 N–H and O–H groups in total. The Kier molecular flexibility index (Phi) is 6.04. The molecule has 5 heteroatoms. The maximum Gasteiger partial charge on any atom is 0.253 e. The van der Waals surface area contributed by atoms with Crippen molar-refractivity contribution in [1.29, 1.82) is 0 Å². The van der Waals surface area contributed by atoms with Crippen molar-refractivity contribution in [2.45, 2.75) is 24.3 Å². The number of rotatable bonds is 6. The predicted molar refractivity (Wildman–Crippen MR) is 99.0 cm³/mol. The summed E-state index contributed by atoms with van der Waals surface area (Å²) in [4.78, 5) is 26.3. The summed E-state index contributed by atoms with van der Waals surface area (Å²) in [6, 6.07) is 15.5. The predicted octanol–water partition coefficient (Wildman–Crippen LogP) is 3.41. The Morgan fingerprint density at radius 2 is 1.75 bits per heavy atom. The van der Waals surface area contributed by atoms with E-state index in [1.165, 1.54) is 4.90 Å². The van der Waals surface area contributed by atoms with Crippen molar-refractivity contribution in [3.05, 3.63) is 54.1 Å². The Morgan fingerprint density at radius 3 is 2.33 bits per heavy atom. The fourth-order valence-corrected chi connectivity index (χ4v) is 3.13. The highest BCUT2D eigenvalue weighted by molar-refractivity contribution is 7.98. The summed E-state index contributed by atoms with van der Waals surface area (Å²) >= 11 is 1.70. The SMILES string of the molecule is CSc1ccccc1-c1ccc(C(=O)N(C)[C@H](C)CC(N)=O)cc1. The Morgan fingerprint density at radius 1 is 1.12 bits per heavy atom.